The zero-order valence-electron chi connectivity index (χ0n) is 12.6. The number of carbonyl (C=O) groups is 2. The van der Waals surface area contributed by atoms with Crippen molar-refractivity contribution in [2.75, 3.05) is 0 Å². The maximum absolute atomic E-state index is 13.2. The summed E-state index contributed by atoms with van der Waals surface area (Å²) in [6.45, 7) is 0. The average Bonchev–Trinajstić information content (AvgIpc) is 2.52. The highest BCUT2D eigenvalue weighted by atomic mass is 79.9. The van der Waals surface area contributed by atoms with Crippen LogP contribution in [0.4, 0.5) is 8.78 Å². The van der Waals surface area contributed by atoms with Crippen molar-refractivity contribution in [2.45, 2.75) is 18.9 Å². The SMILES string of the molecule is NC(=O)[C@@H](Cc1ccc(Br)cc1)NC(=O)Cc1ccc(F)c(F)c1. The number of carbonyl (C=O) groups excluding carboxylic acids is 2. The molecule has 7 heteroatoms. The van der Waals surface area contributed by atoms with Crippen LogP contribution in [0.2, 0.25) is 0 Å². The van der Waals surface area contributed by atoms with Crippen LogP contribution in [-0.2, 0) is 22.4 Å². The standard InChI is InChI=1S/C17H15BrF2N2O2/c18-12-4-1-10(2-5-12)8-15(17(21)24)22-16(23)9-11-3-6-13(19)14(20)7-11/h1-7,15H,8-9H2,(H2,21,24)(H,22,23)/t15-/m1/s1. The lowest BCUT2D eigenvalue weighted by atomic mass is 10.0. The Labute approximate surface area is 146 Å². The maximum Gasteiger partial charge on any atom is 0.240 e. The van der Waals surface area contributed by atoms with Crippen molar-refractivity contribution in [1.82, 2.24) is 5.32 Å². The fraction of sp³-hybridized carbons (Fsp3) is 0.176. The Balaban J connectivity index is 2.01. The maximum atomic E-state index is 13.2. The lowest BCUT2D eigenvalue weighted by Gasteiger charge is -2.16. The van der Waals surface area contributed by atoms with Gasteiger partial charge in [-0.05, 0) is 35.4 Å². The van der Waals surface area contributed by atoms with Gasteiger partial charge in [0.2, 0.25) is 11.8 Å². The van der Waals surface area contributed by atoms with Gasteiger partial charge in [0.15, 0.2) is 11.6 Å². The molecule has 0 bridgehead atoms. The molecular formula is C17H15BrF2N2O2. The van der Waals surface area contributed by atoms with E-state index >= 15 is 0 Å². The van der Waals surface area contributed by atoms with Crippen molar-refractivity contribution in [3.05, 3.63) is 69.7 Å². The molecule has 0 heterocycles. The highest BCUT2D eigenvalue weighted by Crippen LogP contribution is 2.12. The molecule has 3 N–H and O–H groups in total. The van der Waals surface area contributed by atoms with Crippen LogP contribution in [0.1, 0.15) is 11.1 Å². The number of nitrogens with two attached hydrogens (primary N) is 1. The largest absolute Gasteiger partial charge is 0.368 e. The molecule has 126 valence electrons. The Morgan fingerprint density at radius 2 is 1.67 bits per heavy atom. The van der Waals surface area contributed by atoms with Gasteiger partial charge in [-0.3, -0.25) is 9.59 Å². The second-order valence-electron chi connectivity index (χ2n) is 5.28. The minimum Gasteiger partial charge on any atom is -0.368 e. The quantitative estimate of drug-likeness (QED) is 0.786. The molecular weight excluding hydrogens is 382 g/mol. The van der Waals surface area contributed by atoms with E-state index in [4.69, 9.17) is 5.73 Å². The molecule has 24 heavy (non-hydrogen) atoms. The van der Waals surface area contributed by atoms with Gasteiger partial charge < -0.3 is 11.1 Å². The Bertz CT molecular complexity index is 751. The van der Waals surface area contributed by atoms with Crippen molar-refractivity contribution >= 4 is 27.7 Å². The molecule has 2 rings (SSSR count). The first-order valence-electron chi connectivity index (χ1n) is 7.12. The first-order chi connectivity index (χ1) is 11.3. The Hall–Kier alpha value is -2.28. The minimum atomic E-state index is -1.03. The molecule has 4 nitrogen and oxygen atoms in total. The molecule has 0 aliphatic carbocycles. The van der Waals surface area contributed by atoms with E-state index in [0.717, 1.165) is 22.2 Å². The number of benzene rings is 2. The molecule has 2 aromatic carbocycles. The molecule has 0 spiro atoms. The number of amides is 2. The molecule has 2 amide bonds. The molecule has 0 aliphatic rings. The normalized spacial score (nSPS) is 11.8. The van der Waals surface area contributed by atoms with E-state index < -0.39 is 29.5 Å². The van der Waals surface area contributed by atoms with Gasteiger partial charge in [-0.15, -0.1) is 0 Å². The van der Waals surface area contributed by atoms with Crippen LogP contribution in [0.3, 0.4) is 0 Å². The summed E-state index contributed by atoms with van der Waals surface area (Å²) >= 11 is 3.31. The topological polar surface area (TPSA) is 72.2 Å². The van der Waals surface area contributed by atoms with E-state index in [-0.39, 0.29) is 12.8 Å². The van der Waals surface area contributed by atoms with Gasteiger partial charge in [-0.1, -0.05) is 34.1 Å². The monoisotopic (exact) mass is 396 g/mol. The number of hydrogen-bond donors (Lipinski definition) is 2. The summed E-state index contributed by atoms with van der Waals surface area (Å²) in [6, 6.07) is 9.57. The first kappa shape index (κ1) is 18.1. The van der Waals surface area contributed by atoms with Gasteiger partial charge in [-0.2, -0.15) is 0 Å². The van der Waals surface area contributed by atoms with Gasteiger partial charge in [0.1, 0.15) is 6.04 Å². The summed E-state index contributed by atoms with van der Waals surface area (Å²) in [6.07, 6.45) is 0.0629. The predicted octanol–water partition coefficient (Wildman–Crippen LogP) is 2.48. The fourth-order valence-electron chi connectivity index (χ4n) is 2.16. The number of halogens is 3. The predicted molar refractivity (Wildman–Crippen MR) is 89.0 cm³/mol. The number of hydrogen-bond acceptors (Lipinski definition) is 2. The van der Waals surface area contributed by atoms with Gasteiger partial charge >= 0.3 is 0 Å². The smallest absolute Gasteiger partial charge is 0.240 e. The minimum absolute atomic E-state index is 0.179. The Morgan fingerprint density at radius 3 is 2.25 bits per heavy atom. The van der Waals surface area contributed by atoms with Crippen LogP contribution in [-0.4, -0.2) is 17.9 Å². The zero-order chi connectivity index (χ0) is 17.7. The Morgan fingerprint density at radius 1 is 1.04 bits per heavy atom. The molecule has 0 saturated carbocycles. The molecule has 0 saturated heterocycles. The second kappa shape index (κ2) is 8.01. The Kier molecular flexibility index (Phi) is 6.03. The van der Waals surface area contributed by atoms with E-state index in [0.29, 0.717) is 5.56 Å². The average molecular weight is 397 g/mol. The van der Waals surface area contributed by atoms with Crippen LogP contribution in [0.5, 0.6) is 0 Å². The van der Waals surface area contributed by atoms with Crippen molar-refractivity contribution in [3.8, 4) is 0 Å². The van der Waals surface area contributed by atoms with Crippen molar-refractivity contribution in [2.24, 2.45) is 5.73 Å². The van der Waals surface area contributed by atoms with Crippen molar-refractivity contribution in [1.29, 1.82) is 0 Å². The molecule has 1 atom stereocenters. The van der Waals surface area contributed by atoms with Crippen LogP contribution < -0.4 is 11.1 Å². The van der Waals surface area contributed by atoms with Crippen LogP contribution >= 0.6 is 15.9 Å². The third-order valence-electron chi connectivity index (χ3n) is 3.38. The second-order valence-corrected chi connectivity index (χ2v) is 6.19. The van der Waals surface area contributed by atoms with Gasteiger partial charge in [0.25, 0.3) is 0 Å². The van der Waals surface area contributed by atoms with E-state index in [9.17, 15) is 18.4 Å². The summed E-state index contributed by atoms with van der Waals surface area (Å²) in [4.78, 5) is 23.6. The summed E-state index contributed by atoms with van der Waals surface area (Å²) in [5, 5.41) is 2.52. The molecule has 0 aromatic heterocycles. The van der Waals surface area contributed by atoms with E-state index in [1.54, 1.807) is 0 Å². The van der Waals surface area contributed by atoms with Crippen molar-refractivity contribution < 1.29 is 18.4 Å². The van der Waals surface area contributed by atoms with E-state index in [2.05, 4.69) is 21.2 Å². The summed E-state index contributed by atoms with van der Waals surface area (Å²) < 4.78 is 26.9. The first-order valence-corrected chi connectivity index (χ1v) is 7.91. The van der Waals surface area contributed by atoms with Crippen LogP contribution in [0.25, 0.3) is 0 Å². The summed E-state index contributed by atoms with van der Waals surface area (Å²) in [5.74, 6) is -3.18. The lowest BCUT2D eigenvalue weighted by molar-refractivity contribution is -0.127. The zero-order valence-corrected chi connectivity index (χ0v) is 14.1. The van der Waals surface area contributed by atoms with Gasteiger partial charge in [0.05, 0.1) is 6.42 Å². The summed E-state index contributed by atoms with van der Waals surface area (Å²) in [5.41, 5.74) is 6.46. The molecule has 0 unspecified atom stereocenters. The third-order valence-corrected chi connectivity index (χ3v) is 3.91. The summed E-state index contributed by atoms with van der Waals surface area (Å²) in [7, 11) is 0. The van der Waals surface area contributed by atoms with E-state index in [1.807, 2.05) is 24.3 Å². The molecule has 0 radical (unpaired) electrons. The van der Waals surface area contributed by atoms with E-state index in [1.165, 1.54) is 6.07 Å². The molecule has 0 aliphatic heterocycles. The number of primary amides is 1. The highest BCUT2D eigenvalue weighted by Gasteiger charge is 2.19. The van der Waals surface area contributed by atoms with Gasteiger partial charge in [0, 0.05) is 10.9 Å². The fourth-order valence-corrected chi connectivity index (χ4v) is 2.42. The lowest BCUT2D eigenvalue weighted by Crippen LogP contribution is -2.46. The molecule has 2 aromatic rings. The number of nitrogens with one attached hydrogen (secondary N) is 1. The van der Waals surface area contributed by atoms with Crippen molar-refractivity contribution in [3.63, 3.8) is 0 Å². The molecule has 0 fully saturated rings. The highest BCUT2D eigenvalue weighted by molar-refractivity contribution is 9.10. The third kappa shape index (κ3) is 5.13. The van der Waals surface area contributed by atoms with Crippen LogP contribution in [0, 0.1) is 11.6 Å². The van der Waals surface area contributed by atoms with Gasteiger partial charge in [-0.25, -0.2) is 8.78 Å². The van der Waals surface area contributed by atoms with Crippen LogP contribution in [0.15, 0.2) is 46.9 Å². The number of rotatable bonds is 6.